The highest BCUT2D eigenvalue weighted by molar-refractivity contribution is 5.77. The number of aromatic nitrogens is 3. The topological polar surface area (TPSA) is 63.1 Å². The number of hydrogen-bond donors (Lipinski definition) is 1. The molecule has 6 heteroatoms. The van der Waals surface area contributed by atoms with E-state index in [4.69, 9.17) is 0 Å². The number of nitrogens with one attached hydrogen (secondary N) is 1. The Labute approximate surface area is 94.6 Å². The maximum atomic E-state index is 11.2. The molecular weight excluding hydrogens is 206 g/mol. The molecule has 1 saturated heterocycles. The van der Waals surface area contributed by atoms with Crippen molar-refractivity contribution in [3.8, 4) is 0 Å². The maximum Gasteiger partial charge on any atom is 0.233 e. The fourth-order valence-electron chi connectivity index (χ4n) is 2.04. The Morgan fingerprint density at radius 3 is 2.81 bits per heavy atom. The van der Waals surface area contributed by atoms with E-state index in [2.05, 4.69) is 20.5 Å². The number of carbonyl (C=O) groups excluding carboxylic acids is 1. The van der Waals surface area contributed by atoms with Gasteiger partial charge in [0.05, 0.1) is 18.8 Å². The summed E-state index contributed by atoms with van der Waals surface area (Å²) < 4.78 is 1.91. The molecule has 1 amide bonds. The molecule has 1 aromatic heterocycles. The van der Waals surface area contributed by atoms with Gasteiger partial charge in [0.15, 0.2) is 0 Å². The Balaban J connectivity index is 1.81. The first-order valence-electron chi connectivity index (χ1n) is 5.58. The van der Waals surface area contributed by atoms with Gasteiger partial charge in [0, 0.05) is 26.3 Å². The third-order valence-corrected chi connectivity index (χ3v) is 3.02. The zero-order valence-electron chi connectivity index (χ0n) is 9.46. The Kier molecular flexibility index (Phi) is 3.51. The first-order valence-corrected chi connectivity index (χ1v) is 5.58. The van der Waals surface area contributed by atoms with Crippen LogP contribution in [0.2, 0.25) is 0 Å². The van der Waals surface area contributed by atoms with Gasteiger partial charge in [-0.05, 0) is 12.8 Å². The van der Waals surface area contributed by atoms with E-state index < -0.39 is 0 Å². The molecule has 2 heterocycles. The van der Waals surface area contributed by atoms with Crippen molar-refractivity contribution in [1.29, 1.82) is 0 Å². The van der Waals surface area contributed by atoms with Gasteiger partial charge in [0.2, 0.25) is 5.91 Å². The minimum Gasteiger partial charge on any atom is -0.358 e. The van der Waals surface area contributed by atoms with Crippen molar-refractivity contribution in [2.75, 3.05) is 26.7 Å². The minimum atomic E-state index is 0.0826. The molecule has 0 unspecified atom stereocenters. The summed E-state index contributed by atoms with van der Waals surface area (Å²) in [6, 6.07) is 0.434. The van der Waals surface area contributed by atoms with Crippen LogP contribution in [0.25, 0.3) is 0 Å². The third-order valence-electron chi connectivity index (χ3n) is 3.02. The van der Waals surface area contributed by atoms with E-state index in [0.29, 0.717) is 12.6 Å². The van der Waals surface area contributed by atoms with Gasteiger partial charge in [-0.3, -0.25) is 9.69 Å². The van der Waals surface area contributed by atoms with Crippen molar-refractivity contribution in [2.45, 2.75) is 18.9 Å². The van der Waals surface area contributed by atoms with E-state index in [1.54, 1.807) is 13.2 Å². The van der Waals surface area contributed by atoms with Crippen LogP contribution in [-0.2, 0) is 4.79 Å². The Morgan fingerprint density at radius 2 is 2.25 bits per heavy atom. The third kappa shape index (κ3) is 2.57. The number of nitrogens with zero attached hydrogens (tertiary/aromatic N) is 4. The number of amides is 1. The van der Waals surface area contributed by atoms with E-state index in [1.807, 2.05) is 10.9 Å². The minimum absolute atomic E-state index is 0.0826. The normalized spacial score (nSPS) is 18.6. The van der Waals surface area contributed by atoms with Gasteiger partial charge in [-0.15, -0.1) is 5.10 Å². The fraction of sp³-hybridized carbons (Fsp3) is 0.700. The summed E-state index contributed by atoms with van der Waals surface area (Å²) in [5, 5.41) is 10.5. The second-order valence-corrected chi connectivity index (χ2v) is 4.06. The van der Waals surface area contributed by atoms with Gasteiger partial charge in [0.25, 0.3) is 0 Å². The number of hydrogen-bond acceptors (Lipinski definition) is 4. The van der Waals surface area contributed by atoms with Crippen LogP contribution in [-0.4, -0.2) is 52.5 Å². The molecule has 0 saturated carbocycles. The molecule has 0 aliphatic carbocycles. The molecule has 1 fully saturated rings. The van der Waals surface area contributed by atoms with Crippen molar-refractivity contribution in [1.82, 2.24) is 25.2 Å². The van der Waals surface area contributed by atoms with E-state index in [9.17, 15) is 4.79 Å². The molecule has 6 nitrogen and oxygen atoms in total. The van der Waals surface area contributed by atoms with Crippen LogP contribution in [0.3, 0.4) is 0 Å². The predicted molar refractivity (Wildman–Crippen MR) is 58.8 cm³/mol. The molecule has 0 bridgehead atoms. The maximum absolute atomic E-state index is 11.2. The van der Waals surface area contributed by atoms with Crippen LogP contribution >= 0.6 is 0 Å². The van der Waals surface area contributed by atoms with Crippen LogP contribution in [0.4, 0.5) is 0 Å². The summed E-state index contributed by atoms with van der Waals surface area (Å²) >= 11 is 0. The van der Waals surface area contributed by atoms with Gasteiger partial charge in [-0.25, -0.2) is 4.68 Å². The Bertz CT molecular complexity index is 329. The van der Waals surface area contributed by atoms with Crippen LogP contribution in [0.1, 0.15) is 18.9 Å². The molecular formula is C10H17N5O. The van der Waals surface area contributed by atoms with Gasteiger partial charge < -0.3 is 5.32 Å². The molecule has 1 N–H and O–H groups in total. The smallest absolute Gasteiger partial charge is 0.233 e. The SMILES string of the molecule is CNC(=O)CN1CCC(n2ccnn2)CC1. The average Bonchev–Trinajstić information content (AvgIpc) is 2.83. The zero-order valence-corrected chi connectivity index (χ0v) is 9.46. The number of rotatable bonds is 3. The van der Waals surface area contributed by atoms with Crippen molar-refractivity contribution in [3.63, 3.8) is 0 Å². The Hall–Kier alpha value is -1.43. The summed E-state index contributed by atoms with van der Waals surface area (Å²) in [6.07, 6.45) is 5.66. The van der Waals surface area contributed by atoms with Gasteiger partial charge in [-0.1, -0.05) is 5.21 Å². The first kappa shape index (κ1) is 11.1. The van der Waals surface area contributed by atoms with Gasteiger partial charge in [0.1, 0.15) is 0 Å². The van der Waals surface area contributed by atoms with Crippen LogP contribution in [0.5, 0.6) is 0 Å². The van der Waals surface area contributed by atoms with Gasteiger partial charge in [-0.2, -0.15) is 0 Å². The lowest BCUT2D eigenvalue weighted by Crippen LogP contribution is -2.41. The fourth-order valence-corrected chi connectivity index (χ4v) is 2.04. The molecule has 16 heavy (non-hydrogen) atoms. The van der Waals surface area contributed by atoms with Crippen molar-refractivity contribution < 1.29 is 4.79 Å². The lowest BCUT2D eigenvalue weighted by Gasteiger charge is -2.31. The lowest BCUT2D eigenvalue weighted by atomic mass is 10.1. The second-order valence-electron chi connectivity index (χ2n) is 4.06. The monoisotopic (exact) mass is 223 g/mol. The van der Waals surface area contributed by atoms with Crippen LogP contribution in [0, 0.1) is 0 Å². The highest BCUT2D eigenvalue weighted by Gasteiger charge is 2.21. The standard InChI is InChI=1S/C10H17N5O/c1-11-10(16)8-14-5-2-9(3-6-14)15-7-4-12-13-15/h4,7,9H,2-3,5-6,8H2,1H3,(H,11,16). The van der Waals surface area contributed by atoms with Gasteiger partial charge >= 0.3 is 0 Å². The molecule has 0 aromatic carbocycles. The quantitative estimate of drug-likeness (QED) is 0.761. The summed E-state index contributed by atoms with van der Waals surface area (Å²) in [4.78, 5) is 13.4. The largest absolute Gasteiger partial charge is 0.358 e. The highest BCUT2D eigenvalue weighted by Crippen LogP contribution is 2.20. The lowest BCUT2D eigenvalue weighted by molar-refractivity contribution is -0.122. The summed E-state index contributed by atoms with van der Waals surface area (Å²) in [7, 11) is 1.67. The van der Waals surface area contributed by atoms with Crippen molar-refractivity contribution >= 4 is 5.91 Å². The van der Waals surface area contributed by atoms with E-state index >= 15 is 0 Å². The Morgan fingerprint density at radius 1 is 1.50 bits per heavy atom. The molecule has 1 aliphatic heterocycles. The van der Waals surface area contributed by atoms with Crippen LogP contribution in [0.15, 0.2) is 12.4 Å². The molecule has 0 atom stereocenters. The number of piperidine rings is 1. The van der Waals surface area contributed by atoms with Crippen molar-refractivity contribution in [2.24, 2.45) is 0 Å². The first-order chi connectivity index (χ1) is 7.79. The summed E-state index contributed by atoms with van der Waals surface area (Å²) in [6.45, 7) is 2.39. The second kappa shape index (κ2) is 5.07. The molecule has 1 aromatic rings. The number of likely N-dealkylation sites (N-methyl/N-ethyl adjacent to an activating group) is 1. The molecule has 88 valence electrons. The summed E-state index contributed by atoms with van der Waals surface area (Å²) in [5.74, 6) is 0.0826. The summed E-state index contributed by atoms with van der Waals surface area (Å²) in [5.41, 5.74) is 0. The van der Waals surface area contributed by atoms with Crippen LogP contribution < -0.4 is 5.32 Å². The molecule has 2 rings (SSSR count). The zero-order chi connectivity index (χ0) is 11.4. The predicted octanol–water partition coefficient (Wildman–Crippen LogP) is -0.339. The highest BCUT2D eigenvalue weighted by atomic mass is 16.1. The number of likely N-dealkylation sites (tertiary alicyclic amines) is 1. The van der Waals surface area contributed by atoms with Crippen molar-refractivity contribution in [3.05, 3.63) is 12.4 Å². The van der Waals surface area contributed by atoms with E-state index in [1.165, 1.54) is 0 Å². The molecule has 0 spiro atoms. The molecule has 0 radical (unpaired) electrons. The van der Waals surface area contributed by atoms with E-state index in [0.717, 1.165) is 25.9 Å². The molecule has 1 aliphatic rings. The average molecular weight is 223 g/mol. The number of carbonyl (C=O) groups is 1. The van der Waals surface area contributed by atoms with E-state index in [-0.39, 0.29) is 5.91 Å².